The highest BCUT2D eigenvalue weighted by Crippen LogP contribution is 2.10. The standard InChI is InChI=1S/C11H22O6Si/c1-5-11(12)15-9-7-8-10-17-18(13-3,14-4)16-6-2/h5H,1,6-10H2,2-4H3. The largest absolute Gasteiger partial charge is 0.679 e. The van der Waals surface area contributed by atoms with Gasteiger partial charge in [0.2, 0.25) is 0 Å². The predicted molar refractivity (Wildman–Crippen MR) is 67.7 cm³/mol. The molecule has 0 fully saturated rings. The maximum Gasteiger partial charge on any atom is 0.679 e. The Balaban J connectivity index is 3.73. The zero-order valence-corrected chi connectivity index (χ0v) is 12.3. The van der Waals surface area contributed by atoms with Crippen molar-refractivity contribution in [1.29, 1.82) is 0 Å². The number of carbonyl (C=O) groups excluding carboxylic acids is 1. The van der Waals surface area contributed by atoms with Gasteiger partial charge >= 0.3 is 15.0 Å². The zero-order valence-electron chi connectivity index (χ0n) is 11.3. The first kappa shape index (κ1) is 17.3. The van der Waals surface area contributed by atoms with Crippen LogP contribution >= 0.6 is 0 Å². The third-order valence-corrected chi connectivity index (χ3v) is 4.25. The zero-order chi connectivity index (χ0) is 13.9. The highest BCUT2D eigenvalue weighted by atomic mass is 28.4. The average molecular weight is 278 g/mol. The average Bonchev–Trinajstić information content (AvgIpc) is 2.41. The lowest BCUT2D eigenvalue weighted by molar-refractivity contribution is -0.137. The summed E-state index contributed by atoms with van der Waals surface area (Å²) in [6, 6.07) is 0. The molecule has 106 valence electrons. The number of esters is 1. The topological polar surface area (TPSA) is 63.2 Å². The molecule has 0 rings (SSSR count). The maximum atomic E-state index is 10.8. The molecule has 0 aliphatic carbocycles. The Morgan fingerprint density at radius 1 is 1.17 bits per heavy atom. The minimum Gasteiger partial charge on any atom is -0.463 e. The van der Waals surface area contributed by atoms with Gasteiger partial charge in [0.25, 0.3) is 0 Å². The van der Waals surface area contributed by atoms with E-state index in [-0.39, 0.29) is 0 Å². The van der Waals surface area contributed by atoms with E-state index in [1.807, 2.05) is 6.92 Å². The number of rotatable bonds is 11. The number of carbonyl (C=O) groups is 1. The van der Waals surface area contributed by atoms with Crippen molar-refractivity contribution in [3.05, 3.63) is 12.7 Å². The molecule has 0 aromatic rings. The van der Waals surface area contributed by atoms with Gasteiger partial charge in [-0.05, 0) is 19.8 Å². The molecule has 0 saturated heterocycles. The Bertz CT molecular complexity index is 242. The van der Waals surface area contributed by atoms with Crippen molar-refractivity contribution in [1.82, 2.24) is 0 Å². The van der Waals surface area contributed by atoms with Crippen molar-refractivity contribution in [3.63, 3.8) is 0 Å². The van der Waals surface area contributed by atoms with Crippen LogP contribution in [0.2, 0.25) is 0 Å². The lowest BCUT2D eigenvalue weighted by Gasteiger charge is -2.24. The third kappa shape index (κ3) is 6.87. The van der Waals surface area contributed by atoms with Gasteiger partial charge in [0.15, 0.2) is 0 Å². The van der Waals surface area contributed by atoms with Crippen LogP contribution in [0.3, 0.4) is 0 Å². The highest BCUT2D eigenvalue weighted by Gasteiger charge is 2.42. The molecule has 0 radical (unpaired) electrons. The van der Waals surface area contributed by atoms with Crippen molar-refractivity contribution in [2.75, 3.05) is 34.0 Å². The molecule has 0 aromatic heterocycles. The summed E-state index contributed by atoms with van der Waals surface area (Å²) in [7, 11) is 0.0383. The third-order valence-electron chi connectivity index (χ3n) is 2.05. The fourth-order valence-corrected chi connectivity index (χ4v) is 2.64. The van der Waals surface area contributed by atoms with Crippen molar-refractivity contribution in [3.8, 4) is 0 Å². The van der Waals surface area contributed by atoms with E-state index in [1.54, 1.807) is 0 Å². The normalized spacial score (nSPS) is 11.3. The van der Waals surface area contributed by atoms with E-state index in [1.165, 1.54) is 14.2 Å². The molecule has 0 saturated carbocycles. The molecule has 0 aromatic carbocycles. The molecule has 0 heterocycles. The van der Waals surface area contributed by atoms with Crippen LogP contribution in [0, 0.1) is 0 Å². The van der Waals surface area contributed by atoms with Crippen molar-refractivity contribution in [2.45, 2.75) is 19.8 Å². The first-order valence-corrected chi connectivity index (χ1v) is 7.44. The van der Waals surface area contributed by atoms with Gasteiger partial charge in [-0.1, -0.05) is 6.58 Å². The summed E-state index contributed by atoms with van der Waals surface area (Å²) < 4.78 is 26.0. The van der Waals surface area contributed by atoms with Crippen LogP contribution in [0.25, 0.3) is 0 Å². The Morgan fingerprint density at radius 2 is 1.78 bits per heavy atom. The van der Waals surface area contributed by atoms with Crippen LogP contribution in [0.5, 0.6) is 0 Å². The maximum absolute atomic E-state index is 10.8. The van der Waals surface area contributed by atoms with Gasteiger partial charge in [-0.15, -0.1) is 0 Å². The molecule has 0 bridgehead atoms. The lowest BCUT2D eigenvalue weighted by Crippen LogP contribution is -2.47. The molecule has 18 heavy (non-hydrogen) atoms. The first-order chi connectivity index (χ1) is 8.64. The number of unbranched alkanes of at least 4 members (excludes halogenated alkanes) is 1. The van der Waals surface area contributed by atoms with Gasteiger partial charge in [-0.3, -0.25) is 0 Å². The molecule has 0 spiro atoms. The minimum absolute atomic E-state index is 0.345. The van der Waals surface area contributed by atoms with E-state index < -0.39 is 15.0 Å². The summed E-state index contributed by atoms with van der Waals surface area (Å²) in [5.74, 6) is -0.414. The molecule has 7 heteroatoms. The molecule has 0 aliphatic rings. The van der Waals surface area contributed by atoms with Crippen LogP contribution in [-0.4, -0.2) is 49.1 Å². The summed E-state index contributed by atoms with van der Waals surface area (Å²) in [4.78, 5) is 10.8. The summed E-state index contributed by atoms with van der Waals surface area (Å²) in [6.45, 7) is 6.39. The highest BCUT2D eigenvalue weighted by molar-refractivity contribution is 6.53. The summed E-state index contributed by atoms with van der Waals surface area (Å²) in [5, 5.41) is 0. The first-order valence-electron chi connectivity index (χ1n) is 5.81. The molecule has 0 amide bonds. The Labute approximate surface area is 109 Å². The molecule has 0 aliphatic heterocycles. The van der Waals surface area contributed by atoms with Gasteiger partial charge < -0.3 is 22.4 Å². The molecule has 0 N–H and O–H groups in total. The Hall–Kier alpha value is -0.733. The van der Waals surface area contributed by atoms with Crippen LogP contribution in [0.15, 0.2) is 12.7 Å². The Morgan fingerprint density at radius 3 is 2.28 bits per heavy atom. The van der Waals surface area contributed by atoms with E-state index in [0.29, 0.717) is 26.2 Å². The lowest BCUT2D eigenvalue weighted by atomic mass is 10.3. The minimum atomic E-state index is -2.96. The van der Waals surface area contributed by atoms with Crippen LogP contribution in [0.4, 0.5) is 0 Å². The van der Waals surface area contributed by atoms with E-state index in [0.717, 1.165) is 12.5 Å². The van der Waals surface area contributed by atoms with Crippen LogP contribution in [0.1, 0.15) is 19.8 Å². The van der Waals surface area contributed by atoms with E-state index in [9.17, 15) is 4.79 Å². The van der Waals surface area contributed by atoms with E-state index in [4.69, 9.17) is 22.4 Å². The quantitative estimate of drug-likeness (QED) is 0.245. The van der Waals surface area contributed by atoms with Crippen molar-refractivity contribution >= 4 is 15.0 Å². The van der Waals surface area contributed by atoms with Gasteiger partial charge in [0.1, 0.15) is 0 Å². The predicted octanol–water partition coefficient (Wildman–Crippen LogP) is 1.28. The molecule has 6 nitrogen and oxygen atoms in total. The second-order valence-corrected chi connectivity index (χ2v) is 5.66. The smallest absolute Gasteiger partial charge is 0.463 e. The summed E-state index contributed by atoms with van der Waals surface area (Å²) in [6.07, 6.45) is 2.56. The second kappa shape index (κ2) is 10.2. The van der Waals surface area contributed by atoms with Gasteiger partial charge in [-0.25, -0.2) is 4.79 Å². The number of ether oxygens (including phenoxy) is 1. The van der Waals surface area contributed by atoms with Crippen molar-refractivity contribution < 1.29 is 27.2 Å². The summed E-state index contributed by atoms with van der Waals surface area (Å²) >= 11 is 0. The molecular weight excluding hydrogens is 256 g/mol. The molecule has 0 atom stereocenters. The molecular formula is C11H22O6Si. The molecule has 0 unspecified atom stereocenters. The summed E-state index contributed by atoms with van der Waals surface area (Å²) in [5.41, 5.74) is 0. The fourth-order valence-electron chi connectivity index (χ4n) is 1.17. The van der Waals surface area contributed by atoms with Gasteiger partial charge in [-0.2, -0.15) is 0 Å². The second-order valence-electron chi connectivity index (χ2n) is 3.27. The van der Waals surface area contributed by atoms with E-state index >= 15 is 0 Å². The fraction of sp³-hybridized carbons (Fsp3) is 0.727. The van der Waals surface area contributed by atoms with E-state index in [2.05, 4.69) is 6.58 Å². The van der Waals surface area contributed by atoms with Crippen LogP contribution in [-0.2, 0) is 27.2 Å². The van der Waals surface area contributed by atoms with Crippen molar-refractivity contribution in [2.24, 2.45) is 0 Å². The monoisotopic (exact) mass is 278 g/mol. The Kier molecular flexibility index (Phi) is 9.80. The van der Waals surface area contributed by atoms with Crippen LogP contribution < -0.4 is 0 Å². The van der Waals surface area contributed by atoms with Gasteiger partial charge in [0, 0.05) is 33.5 Å². The SMILES string of the molecule is C=CC(=O)OCCCCO[Si](OC)(OC)OCC. The van der Waals surface area contributed by atoms with Gasteiger partial charge in [0.05, 0.1) is 6.61 Å². The number of hydrogen-bond donors (Lipinski definition) is 0. The number of hydrogen-bond acceptors (Lipinski definition) is 6.